The fourth-order valence-corrected chi connectivity index (χ4v) is 2.64. The van der Waals surface area contributed by atoms with Gasteiger partial charge in [-0.3, -0.25) is 0 Å². The van der Waals surface area contributed by atoms with E-state index in [9.17, 15) is 0 Å². The van der Waals surface area contributed by atoms with Gasteiger partial charge in [0.2, 0.25) is 0 Å². The van der Waals surface area contributed by atoms with E-state index in [1.54, 1.807) is 0 Å². The molecule has 3 rings (SSSR count). The van der Waals surface area contributed by atoms with Crippen LogP contribution in [0.5, 0.6) is 0 Å². The van der Waals surface area contributed by atoms with E-state index in [2.05, 4.69) is 31.5 Å². The van der Waals surface area contributed by atoms with E-state index in [0.717, 1.165) is 63.7 Å². The Hall–Kier alpha value is -2.12. The standard InChI is InChI=1S/C12H10N2.C10H24N4/c1-3-7-11(8-4-1)13-14-12-9-5-2-6-10-12;1-3-11-7-9-13-5-2-6-14-10-8-12-4-1/h1-10H;11-14H,1-10H2/b14-13+;. The van der Waals surface area contributed by atoms with Gasteiger partial charge in [-0.1, -0.05) is 36.4 Å². The molecule has 1 aliphatic heterocycles. The second-order valence-corrected chi connectivity index (χ2v) is 6.58. The summed E-state index contributed by atoms with van der Waals surface area (Å²) in [6.45, 7) is 8.87. The third-order valence-corrected chi connectivity index (χ3v) is 4.16. The molecule has 0 bridgehead atoms. The monoisotopic (exact) mass is 382 g/mol. The molecule has 2 aromatic rings. The van der Waals surface area contributed by atoms with Gasteiger partial charge in [0.1, 0.15) is 0 Å². The molecule has 0 aromatic heterocycles. The molecule has 28 heavy (non-hydrogen) atoms. The van der Waals surface area contributed by atoms with E-state index in [-0.39, 0.29) is 0 Å². The molecule has 1 aliphatic rings. The minimum Gasteiger partial charge on any atom is -0.315 e. The van der Waals surface area contributed by atoms with E-state index in [0.29, 0.717) is 0 Å². The fourth-order valence-electron chi connectivity index (χ4n) is 2.64. The molecule has 6 heteroatoms. The van der Waals surface area contributed by atoms with Crippen molar-refractivity contribution in [2.75, 3.05) is 52.4 Å². The SMILES string of the molecule is C1CNCCNCCCNCCNC1.c1ccc(/N=N/c2ccccc2)cc1. The number of nitrogens with zero attached hydrogens (tertiary/aromatic N) is 2. The molecule has 0 unspecified atom stereocenters. The maximum atomic E-state index is 4.10. The van der Waals surface area contributed by atoms with Gasteiger partial charge in [-0.05, 0) is 63.3 Å². The Bertz CT molecular complexity index is 523. The summed E-state index contributed by atoms with van der Waals surface area (Å²) in [6, 6.07) is 19.4. The Kier molecular flexibility index (Phi) is 12.6. The van der Waals surface area contributed by atoms with Crippen LogP contribution in [0.4, 0.5) is 11.4 Å². The molecule has 0 saturated carbocycles. The summed E-state index contributed by atoms with van der Waals surface area (Å²) in [4.78, 5) is 0. The van der Waals surface area contributed by atoms with Crippen molar-refractivity contribution >= 4 is 11.4 Å². The highest BCUT2D eigenvalue weighted by Gasteiger charge is 1.93. The largest absolute Gasteiger partial charge is 0.315 e. The Morgan fingerprint density at radius 2 is 0.750 bits per heavy atom. The van der Waals surface area contributed by atoms with Gasteiger partial charge in [0.25, 0.3) is 0 Å². The summed E-state index contributed by atoms with van der Waals surface area (Å²) in [5.41, 5.74) is 1.74. The molecule has 0 radical (unpaired) electrons. The zero-order chi connectivity index (χ0) is 19.5. The maximum absolute atomic E-state index is 4.10. The number of benzene rings is 2. The van der Waals surface area contributed by atoms with Crippen molar-refractivity contribution in [3.63, 3.8) is 0 Å². The lowest BCUT2D eigenvalue weighted by molar-refractivity contribution is 0.530. The lowest BCUT2D eigenvalue weighted by Crippen LogP contribution is -2.34. The predicted molar refractivity (Wildman–Crippen MR) is 118 cm³/mol. The van der Waals surface area contributed by atoms with Gasteiger partial charge >= 0.3 is 0 Å². The van der Waals surface area contributed by atoms with E-state index in [1.807, 2.05) is 60.7 Å². The van der Waals surface area contributed by atoms with Crippen LogP contribution < -0.4 is 21.3 Å². The maximum Gasteiger partial charge on any atom is 0.0857 e. The molecular formula is C22H34N6. The summed E-state index contributed by atoms with van der Waals surface area (Å²) >= 11 is 0. The third-order valence-electron chi connectivity index (χ3n) is 4.16. The Balaban J connectivity index is 0.000000200. The number of hydrogen-bond acceptors (Lipinski definition) is 6. The average Bonchev–Trinajstić information content (AvgIpc) is 2.76. The van der Waals surface area contributed by atoms with Gasteiger partial charge in [0, 0.05) is 26.2 Å². The second-order valence-electron chi connectivity index (χ2n) is 6.58. The summed E-state index contributed by atoms with van der Waals surface area (Å²) in [5, 5.41) is 21.9. The first-order chi connectivity index (χ1) is 13.9. The Morgan fingerprint density at radius 1 is 0.429 bits per heavy atom. The molecule has 1 fully saturated rings. The third kappa shape index (κ3) is 11.6. The van der Waals surface area contributed by atoms with Crippen molar-refractivity contribution in [1.29, 1.82) is 0 Å². The topological polar surface area (TPSA) is 72.8 Å². The quantitative estimate of drug-likeness (QED) is 0.602. The highest BCUT2D eigenvalue weighted by atomic mass is 15.1. The van der Waals surface area contributed by atoms with Crippen LogP contribution in [0.25, 0.3) is 0 Å². The van der Waals surface area contributed by atoms with Gasteiger partial charge in [0.05, 0.1) is 11.4 Å². The molecule has 4 N–H and O–H groups in total. The minimum atomic E-state index is 0.872. The van der Waals surface area contributed by atoms with Crippen LogP contribution in [0.3, 0.4) is 0 Å². The van der Waals surface area contributed by atoms with Crippen LogP contribution in [0, 0.1) is 0 Å². The highest BCUT2D eigenvalue weighted by Crippen LogP contribution is 2.16. The average molecular weight is 383 g/mol. The molecule has 0 atom stereocenters. The Morgan fingerprint density at radius 3 is 1.07 bits per heavy atom. The van der Waals surface area contributed by atoms with Crippen molar-refractivity contribution < 1.29 is 0 Å². The molecule has 0 aliphatic carbocycles. The first-order valence-corrected chi connectivity index (χ1v) is 10.3. The fraction of sp³-hybridized carbons (Fsp3) is 0.455. The van der Waals surface area contributed by atoms with Crippen molar-refractivity contribution in [2.24, 2.45) is 10.2 Å². The molecule has 1 saturated heterocycles. The molecule has 152 valence electrons. The van der Waals surface area contributed by atoms with Crippen LogP contribution in [0.2, 0.25) is 0 Å². The zero-order valence-corrected chi connectivity index (χ0v) is 16.7. The highest BCUT2D eigenvalue weighted by molar-refractivity contribution is 5.39. The summed E-state index contributed by atoms with van der Waals surface area (Å²) in [6.07, 6.45) is 2.44. The summed E-state index contributed by atoms with van der Waals surface area (Å²) < 4.78 is 0. The first kappa shape index (κ1) is 22.2. The number of hydrogen-bond donors (Lipinski definition) is 4. The number of rotatable bonds is 2. The van der Waals surface area contributed by atoms with Gasteiger partial charge in [-0.15, -0.1) is 0 Å². The van der Waals surface area contributed by atoms with Crippen molar-refractivity contribution in [3.05, 3.63) is 60.7 Å². The Labute approximate surface area is 169 Å². The lowest BCUT2D eigenvalue weighted by Gasteiger charge is -2.10. The zero-order valence-electron chi connectivity index (χ0n) is 16.7. The second kappa shape index (κ2) is 15.9. The normalized spacial score (nSPS) is 17.3. The van der Waals surface area contributed by atoms with Crippen molar-refractivity contribution in [3.8, 4) is 0 Å². The molecule has 0 amide bonds. The van der Waals surface area contributed by atoms with E-state index in [1.165, 1.54) is 12.8 Å². The van der Waals surface area contributed by atoms with Crippen LogP contribution in [-0.4, -0.2) is 52.4 Å². The summed E-state index contributed by atoms with van der Waals surface area (Å²) in [5.74, 6) is 0. The predicted octanol–water partition coefficient (Wildman–Crippen LogP) is 3.24. The van der Waals surface area contributed by atoms with Gasteiger partial charge in [0.15, 0.2) is 0 Å². The van der Waals surface area contributed by atoms with Gasteiger partial charge in [-0.25, -0.2) is 0 Å². The van der Waals surface area contributed by atoms with Crippen LogP contribution in [-0.2, 0) is 0 Å². The van der Waals surface area contributed by atoms with Crippen molar-refractivity contribution in [1.82, 2.24) is 21.3 Å². The molecule has 1 heterocycles. The van der Waals surface area contributed by atoms with E-state index in [4.69, 9.17) is 0 Å². The van der Waals surface area contributed by atoms with Crippen molar-refractivity contribution in [2.45, 2.75) is 12.8 Å². The van der Waals surface area contributed by atoms with Gasteiger partial charge in [-0.2, -0.15) is 10.2 Å². The smallest absolute Gasteiger partial charge is 0.0857 e. The lowest BCUT2D eigenvalue weighted by atomic mass is 10.3. The number of nitrogens with one attached hydrogen (secondary N) is 4. The van der Waals surface area contributed by atoms with Crippen LogP contribution in [0.15, 0.2) is 70.9 Å². The number of azo groups is 1. The molecule has 6 nitrogen and oxygen atoms in total. The van der Waals surface area contributed by atoms with E-state index >= 15 is 0 Å². The summed E-state index contributed by atoms with van der Waals surface area (Å²) in [7, 11) is 0. The van der Waals surface area contributed by atoms with E-state index < -0.39 is 0 Å². The minimum absolute atomic E-state index is 0.872. The van der Waals surface area contributed by atoms with Crippen LogP contribution >= 0.6 is 0 Å². The first-order valence-electron chi connectivity index (χ1n) is 10.3. The molecule has 2 aromatic carbocycles. The molecular weight excluding hydrogens is 348 g/mol. The van der Waals surface area contributed by atoms with Crippen LogP contribution in [0.1, 0.15) is 12.8 Å². The van der Waals surface area contributed by atoms with Gasteiger partial charge < -0.3 is 21.3 Å². The molecule has 0 spiro atoms.